The Balaban J connectivity index is 2.19. The van der Waals surface area contributed by atoms with Gasteiger partial charge in [-0.1, -0.05) is 0 Å². The standard InChI is InChI=1S/C9H19NO3/c1-3-11-9(12-4-2)13-8-5-6-10-7-8/h8-10H,3-7H2,1-2H3. The van der Waals surface area contributed by atoms with Gasteiger partial charge in [0.05, 0.1) is 6.10 Å². The van der Waals surface area contributed by atoms with Crippen LogP contribution >= 0.6 is 0 Å². The molecule has 1 aliphatic rings. The van der Waals surface area contributed by atoms with E-state index in [0.29, 0.717) is 13.2 Å². The molecule has 0 amide bonds. The summed E-state index contributed by atoms with van der Waals surface area (Å²) in [6.07, 6.45) is 1.28. The first kappa shape index (κ1) is 10.9. The molecule has 0 aromatic heterocycles. The average molecular weight is 189 g/mol. The van der Waals surface area contributed by atoms with Gasteiger partial charge in [-0.25, -0.2) is 0 Å². The highest BCUT2D eigenvalue weighted by molar-refractivity contribution is 4.70. The third-order valence-electron chi connectivity index (χ3n) is 1.92. The summed E-state index contributed by atoms with van der Waals surface area (Å²) in [4.78, 5) is 0. The van der Waals surface area contributed by atoms with E-state index in [9.17, 15) is 0 Å². The lowest BCUT2D eigenvalue weighted by molar-refractivity contribution is -0.298. The van der Waals surface area contributed by atoms with Crippen LogP contribution in [-0.4, -0.2) is 38.9 Å². The molecule has 0 saturated carbocycles. The molecule has 4 heteroatoms. The Morgan fingerprint density at radius 1 is 1.31 bits per heavy atom. The molecule has 13 heavy (non-hydrogen) atoms. The van der Waals surface area contributed by atoms with Crippen LogP contribution in [0.1, 0.15) is 20.3 Å². The molecule has 0 radical (unpaired) electrons. The lowest BCUT2D eigenvalue weighted by atomic mass is 10.3. The molecular formula is C9H19NO3. The molecule has 1 aliphatic heterocycles. The van der Waals surface area contributed by atoms with Crippen molar-refractivity contribution >= 4 is 0 Å². The van der Waals surface area contributed by atoms with Crippen molar-refractivity contribution in [1.29, 1.82) is 0 Å². The first-order valence-electron chi connectivity index (χ1n) is 4.96. The lowest BCUT2D eigenvalue weighted by Crippen LogP contribution is -2.28. The summed E-state index contributed by atoms with van der Waals surface area (Å²) in [6, 6.07) is 0. The van der Waals surface area contributed by atoms with E-state index in [1.165, 1.54) is 0 Å². The first-order chi connectivity index (χ1) is 6.36. The monoisotopic (exact) mass is 189 g/mol. The van der Waals surface area contributed by atoms with E-state index in [4.69, 9.17) is 14.2 Å². The second kappa shape index (κ2) is 6.32. The average Bonchev–Trinajstić information content (AvgIpc) is 2.58. The molecule has 4 nitrogen and oxygen atoms in total. The summed E-state index contributed by atoms with van der Waals surface area (Å²) in [7, 11) is 0. The molecule has 0 aromatic rings. The van der Waals surface area contributed by atoms with Gasteiger partial charge >= 0.3 is 0 Å². The van der Waals surface area contributed by atoms with Crippen LogP contribution in [0.15, 0.2) is 0 Å². The summed E-state index contributed by atoms with van der Waals surface area (Å²) >= 11 is 0. The molecule has 0 spiro atoms. The predicted molar refractivity (Wildman–Crippen MR) is 49.4 cm³/mol. The molecule has 78 valence electrons. The van der Waals surface area contributed by atoms with Gasteiger partial charge in [-0.15, -0.1) is 0 Å². The minimum absolute atomic E-state index is 0.239. The van der Waals surface area contributed by atoms with Crippen LogP contribution in [0.2, 0.25) is 0 Å². The smallest absolute Gasteiger partial charge is 0.271 e. The third kappa shape index (κ3) is 4.04. The highest BCUT2D eigenvalue weighted by Gasteiger charge is 2.20. The molecule has 1 saturated heterocycles. The third-order valence-corrected chi connectivity index (χ3v) is 1.92. The SMILES string of the molecule is CCOC(OCC)OC1CCNC1. The van der Waals surface area contributed by atoms with Gasteiger partial charge in [0, 0.05) is 19.8 Å². The maximum atomic E-state index is 5.59. The van der Waals surface area contributed by atoms with Gasteiger partial charge in [-0.2, -0.15) is 0 Å². The van der Waals surface area contributed by atoms with Crippen LogP contribution < -0.4 is 5.32 Å². The molecular weight excluding hydrogens is 170 g/mol. The van der Waals surface area contributed by atoms with E-state index in [2.05, 4.69) is 5.32 Å². The zero-order valence-corrected chi connectivity index (χ0v) is 8.41. The van der Waals surface area contributed by atoms with Gasteiger partial charge in [-0.3, -0.25) is 0 Å². The van der Waals surface area contributed by atoms with Crippen LogP contribution in [0.4, 0.5) is 0 Å². The second-order valence-corrected chi connectivity index (χ2v) is 2.95. The van der Waals surface area contributed by atoms with E-state index < -0.39 is 6.48 Å². The van der Waals surface area contributed by atoms with Gasteiger partial charge in [0.15, 0.2) is 0 Å². The van der Waals surface area contributed by atoms with E-state index in [-0.39, 0.29) is 6.10 Å². The van der Waals surface area contributed by atoms with Crippen LogP contribution in [0.25, 0.3) is 0 Å². The van der Waals surface area contributed by atoms with Crippen molar-refractivity contribution in [2.24, 2.45) is 0 Å². The summed E-state index contributed by atoms with van der Waals surface area (Å²) in [5.41, 5.74) is 0. The van der Waals surface area contributed by atoms with Gasteiger partial charge in [0.1, 0.15) is 0 Å². The lowest BCUT2D eigenvalue weighted by Gasteiger charge is -2.20. The maximum absolute atomic E-state index is 5.59. The molecule has 0 bridgehead atoms. The Kier molecular flexibility index (Phi) is 5.31. The zero-order valence-electron chi connectivity index (χ0n) is 8.41. The molecule has 0 aromatic carbocycles. The van der Waals surface area contributed by atoms with Crippen molar-refractivity contribution in [3.05, 3.63) is 0 Å². The normalized spacial score (nSPS) is 22.8. The minimum Gasteiger partial charge on any atom is -0.330 e. The van der Waals surface area contributed by atoms with Crippen LogP contribution in [0.3, 0.4) is 0 Å². The van der Waals surface area contributed by atoms with Crippen molar-refractivity contribution in [3.63, 3.8) is 0 Å². The van der Waals surface area contributed by atoms with Gasteiger partial charge < -0.3 is 19.5 Å². The molecule has 1 heterocycles. The van der Waals surface area contributed by atoms with Crippen LogP contribution in [0, 0.1) is 0 Å². The summed E-state index contributed by atoms with van der Waals surface area (Å²) in [5, 5.41) is 3.23. The first-order valence-corrected chi connectivity index (χ1v) is 4.96. The van der Waals surface area contributed by atoms with Crippen molar-refractivity contribution in [3.8, 4) is 0 Å². The van der Waals surface area contributed by atoms with Gasteiger partial charge in [0.25, 0.3) is 6.48 Å². The fourth-order valence-corrected chi connectivity index (χ4v) is 1.30. The Morgan fingerprint density at radius 3 is 2.46 bits per heavy atom. The topological polar surface area (TPSA) is 39.7 Å². The van der Waals surface area contributed by atoms with Crippen molar-refractivity contribution < 1.29 is 14.2 Å². The van der Waals surface area contributed by atoms with Crippen molar-refractivity contribution in [2.75, 3.05) is 26.3 Å². The van der Waals surface area contributed by atoms with Crippen LogP contribution in [-0.2, 0) is 14.2 Å². The maximum Gasteiger partial charge on any atom is 0.271 e. The summed E-state index contributed by atoms with van der Waals surface area (Å²) in [6.45, 7) is 6.53. The zero-order chi connectivity index (χ0) is 9.52. The number of nitrogens with one attached hydrogen (secondary N) is 1. The number of ether oxygens (including phenoxy) is 3. The molecule has 1 fully saturated rings. The van der Waals surface area contributed by atoms with E-state index in [1.54, 1.807) is 0 Å². The van der Waals surface area contributed by atoms with Crippen LogP contribution in [0.5, 0.6) is 0 Å². The Bertz CT molecular complexity index is 120. The Labute approximate surface area is 79.5 Å². The van der Waals surface area contributed by atoms with E-state index in [0.717, 1.165) is 19.5 Å². The Morgan fingerprint density at radius 2 is 2.00 bits per heavy atom. The van der Waals surface area contributed by atoms with E-state index >= 15 is 0 Å². The highest BCUT2D eigenvalue weighted by Crippen LogP contribution is 2.08. The van der Waals surface area contributed by atoms with Crippen molar-refractivity contribution in [1.82, 2.24) is 5.32 Å². The number of hydrogen-bond acceptors (Lipinski definition) is 4. The quantitative estimate of drug-likeness (QED) is 0.625. The molecule has 1 unspecified atom stereocenters. The predicted octanol–water partition coefficient (Wildman–Crippen LogP) is 0.721. The number of hydrogen-bond donors (Lipinski definition) is 1. The fraction of sp³-hybridized carbons (Fsp3) is 1.00. The largest absolute Gasteiger partial charge is 0.330 e. The summed E-state index contributed by atoms with van der Waals surface area (Å²) < 4.78 is 16.1. The molecule has 1 atom stereocenters. The Hall–Kier alpha value is -0.160. The van der Waals surface area contributed by atoms with E-state index in [1.807, 2.05) is 13.8 Å². The summed E-state index contributed by atoms with van der Waals surface area (Å²) in [5.74, 6) is 0. The second-order valence-electron chi connectivity index (χ2n) is 2.95. The van der Waals surface area contributed by atoms with Gasteiger partial charge in [-0.05, 0) is 26.8 Å². The fourth-order valence-electron chi connectivity index (χ4n) is 1.30. The van der Waals surface area contributed by atoms with Gasteiger partial charge in [0.2, 0.25) is 0 Å². The minimum atomic E-state index is -0.486. The molecule has 1 rings (SSSR count). The number of rotatable bonds is 6. The van der Waals surface area contributed by atoms with Crippen molar-refractivity contribution in [2.45, 2.75) is 32.8 Å². The molecule has 0 aliphatic carbocycles. The highest BCUT2D eigenvalue weighted by atomic mass is 16.8. The molecule has 1 N–H and O–H groups in total.